The van der Waals surface area contributed by atoms with Crippen LogP contribution in [0.3, 0.4) is 0 Å². The first-order valence-corrected chi connectivity index (χ1v) is 9.43. The summed E-state index contributed by atoms with van der Waals surface area (Å²) < 4.78 is 5.74. The van der Waals surface area contributed by atoms with Crippen LogP contribution < -0.4 is 0 Å². The zero-order chi connectivity index (χ0) is 21.1. The molecule has 2 aliphatic carbocycles. The molecule has 1 saturated carbocycles. The average Bonchev–Trinajstić information content (AvgIpc) is 2.94. The molecule has 8 heteroatoms. The predicted octanol–water partition coefficient (Wildman–Crippen LogP) is 1.30. The van der Waals surface area contributed by atoms with E-state index in [-0.39, 0.29) is 29.8 Å². The number of carbonyl (C=O) groups is 3. The number of nitrogens with zero attached hydrogens (tertiary/aromatic N) is 1. The maximum Gasteiger partial charge on any atom is 0.328 e. The van der Waals surface area contributed by atoms with Crippen LogP contribution in [0.5, 0.6) is 0 Å². The molecule has 28 heavy (non-hydrogen) atoms. The van der Waals surface area contributed by atoms with E-state index in [1.807, 2.05) is 21.0 Å². The summed E-state index contributed by atoms with van der Waals surface area (Å²) in [6.45, 7) is 2.64. The second kappa shape index (κ2) is 8.87. The lowest BCUT2D eigenvalue weighted by atomic mass is 9.77. The first-order valence-electron chi connectivity index (χ1n) is 9.43. The highest BCUT2D eigenvalue weighted by molar-refractivity contribution is 5.89. The molecule has 1 heterocycles. The Morgan fingerprint density at radius 2 is 1.89 bits per heavy atom. The third-order valence-electron chi connectivity index (χ3n) is 5.65. The fraction of sp³-hybridized carbons (Fsp3) is 0.650. The van der Waals surface area contributed by atoms with E-state index in [0.29, 0.717) is 12.2 Å². The second-order valence-electron chi connectivity index (χ2n) is 8.14. The lowest BCUT2D eigenvalue weighted by Gasteiger charge is -2.32. The van der Waals surface area contributed by atoms with Gasteiger partial charge in [0.25, 0.3) is 0 Å². The highest BCUT2D eigenvalue weighted by Crippen LogP contribution is 2.50. The van der Waals surface area contributed by atoms with Gasteiger partial charge >= 0.3 is 17.9 Å². The number of ether oxygens (including phenoxy) is 1. The zero-order valence-electron chi connectivity index (χ0n) is 16.5. The number of aliphatic carboxylic acids is 2. The van der Waals surface area contributed by atoms with Crippen molar-refractivity contribution < 1.29 is 34.4 Å². The Morgan fingerprint density at radius 1 is 1.29 bits per heavy atom. The lowest BCUT2D eigenvalue weighted by molar-refractivity contribution is -0.148. The number of carboxylic acid groups (broad SMARTS) is 2. The molecule has 1 aliphatic heterocycles. The van der Waals surface area contributed by atoms with E-state index in [1.165, 1.54) is 5.57 Å². The summed E-state index contributed by atoms with van der Waals surface area (Å²) in [5, 5.41) is 26.3. The van der Waals surface area contributed by atoms with Gasteiger partial charge in [-0.3, -0.25) is 4.79 Å². The standard InChI is InChI=1S/C16H25NO3.C4H4O4/c1-16(19)8-7-10-5-4-6-11-12(9-17(2)3)15(18)20-14(11)13(10)16;5-3(6)1-2-4(7)8/h5,11-14,19H,4,6-9H2,1-3H3;1-2H,(H,5,6)(H,7,8)/b;2-1+/t11-,12-,13-,14-,16+;/m0./s1. The SMILES string of the molecule is CN(C)C[C@@H]1C(=O)O[C@H]2[C@H]1CCC=C1CC[C@@](C)(O)[C@@H]12.O=C(O)/C=C/C(=O)O. The van der Waals surface area contributed by atoms with Gasteiger partial charge in [0, 0.05) is 30.5 Å². The third-order valence-corrected chi connectivity index (χ3v) is 5.65. The summed E-state index contributed by atoms with van der Waals surface area (Å²) in [6.07, 6.45) is 6.99. The predicted molar refractivity (Wildman–Crippen MR) is 100 cm³/mol. The Kier molecular flexibility index (Phi) is 7.01. The van der Waals surface area contributed by atoms with Crippen molar-refractivity contribution in [2.75, 3.05) is 20.6 Å². The van der Waals surface area contributed by atoms with Crippen LogP contribution >= 0.6 is 0 Å². The van der Waals surface area contributed by atoms with E-state index >= 15 is 0 Å². The van der Waals surface area contributed by atoms with E-state index in [9.17, 15) is 19.5 Å². The largest absolute Gasteiger partial charge is 0.478 e. The van der Waals surface area contributed by atoms with Gasteiger partial charge in [0.05, 0.1) is 11.5 Å². The van der Waals surface area contributed by atoms with Crippen LogP contribution in [0.25, 0.3) is 0 Å². The molecule has 3 N–H and O–H groups in total. The van der Waals surface area contributed by atoms with Gasteiger partial charge in [-0.25, -0.2) is 9.59 Å². The molecule has 156 valence electrons. The van der Waals surface area contributed by atoms with E-state index < -0.39 is 17.5 Å². The maximum atomic E-state index is 12.2. The first-order chi connectivity index (χ1) is 13.0. The minimum Gasteiger partial charge on any atom is -0.478 e. The molecule has 2 fully saturated rings. The number of hydrogen-bond donors (Lipinski definition) is 3. The number of carbonyl (C=O) groups excluding carboxylic acids is 1. The quantitative estimate of drug-likeness (QED) is 0.370. The molecule has 3 aliphatic rings. The summed E-state index contributed by atoms with van der Waals surface area (Å²) in [5.41, 5.74) is 0.577. The minimum atomic E-state index is -1.26. The fourth-order valence-corrected chi connectivity index (χ4v) is 4.50. The second-order valence-corrected chi connectivity index (χ2v) is 8.14. The minimum absolute atomic E-state index is 0.00566. The molecule has 0 bridgehead atoms. The molecule has 8 nitrogen and oxygen atoms in total. The van der Waals surface area contributed by atoms with Crippen molar-refractivity contribution in [1.82, 2.24) is 4.90 Å². The maximum absolute atomic E-state index is 12.2. The highest BCUT2D eigenvalue weighted by atomic mass is 16.6. The molecule has 0 aromatic heterocycles. The average molecular weight is 395 g/mol. The topological polar surface area (TPSA) is 124 Å². The molecular weight excluding hydrogens is 366 g/mol. The van der Waals surface area contributed by atoms with E-state index in [1.54, 1.807) is 0 Å². The number of rotatable bonds is 4. The molecule has 0 amide bonds. The number of fused-ring (bicyclic) bond motifs is 3. The summed E-state index contributed by atoms with van der Waals surface area (Å²) in [5.74, 6) is -2.38. The van der Waals surface area contributed by atoms with Gasteiger partial charge in [-0.1, -0.05) is 11.6 Å². The van der Waals surface area contributed by atoms with Crippen LogP contribution in [0.1, 0.15) is 32.6 Å². The summed E-state index contributed by atoms with van der Waals surface area (Å²) in [4.78, 5) is 33.4. The Morgan fingerprint density at radius 3 is 2.43 bits per heavy atom. The van der Waals surface area contributed by atoms with E-state index in [0.717, 1.165) is 32.2 Å². The van der Waals surface area contributed by atoms with Crippen molar-refractivity contribution in [3.05, 3.63) is 23.8 Å². The molecule has 0 aromatic carbocycles. The van der Waals surface area contributed by atoms with E-state index in [2.05, 4.69) is 11.0 Å². The third kappa shape index (κ3) is 5.20. The molecule has 0 spiro atoms. The van der Waals surface area contributed by atoms with Crippen molar-refractivity contribution in [3.63, 3.8) is 0 Å². The van der Waals surface area contributed by atoms with Crippen LogP contribution in [0.4, 0.5) is 0 Å². The van der Waals surface area contributed by atoms with Gasteiger partial charge in [-0.15, -0.1) is 0 Å². The van der Waals surface area contributed by atoms with Gasteiger partial charge < -0.3 is 25.0 Å². The van der Waals surface area contributed by atoms with Gasteiger partial charge in [0.2, 0.25) is 0 Å². The highest BCUT2D eigenvalue weighted by Gasteiger charge is 2.55. The van der Waals surface area contributed by atoms with Gasteiger partial charge in [0.1, 0.15) is 6.10 Å². The van der Waals surface area contributed by atoms with Crippen molar-refractivity contribution in [3.8, 4) is 0 Å². The molecular formula is C20H29NO7. The molecule has 1 saturated heterocycles. The number of carboxylic acids is 2. The van der Waals surface area contributed by atoms with Crippen molar-refractivity contribution >= 4 is 17.9 Å². The number of aliphatic hydroxyl groups is 1. The Bertz CT molecular complexity index is 664. The smallest absolute Gasteiger partial charge is 0.328 e. The van der Waals surface area contributed by atoms with Gasteiger partial charge in [-0.2, -0.15) is 0 Å². The van der Waals surface area contributed by atoms with Crippen LogP contribution in [-0.2, 0) is 19.1 Å². The monoisotopic (exact) mass is 395 g/mol. The van der Waals surface area contributed by atoms with Crippen LogP contribution in [0.15, 0.2) is 23.8 Å². The van der Waals surface area contributed by atoms with E-state index in [4.69, 9.17) is 14.9 Å². The van der Waals surface area contributed by atoms with Gasteiger partial charge in [-0.05, 0) is 46.7 Å². The molecule has 5 atom stereocenters. The summed E-state index contributed by atoms with van der Waals surface area (Å²) >= 11 is 0. The molecule has 3 rings (SSSR count). The zero-order valence-corrected chi connectivity index (χ0v) is 16.5. The molecule has 0 radical (unpaired) electrons. The van der Waals surface area contributed by atoms with Crippen molar-refractivity contribution in [1.29, 1.82) is 0 Å². The van der Waals surface area contributed by atoms with Crippen molar-refractivity contribution in [2.24, 2.45) is 17.8 Å². The van der Waals surface area contributed by atoms with Crippen LogP contribution in [0, 0.1) is 17.8 Å². The number of hydrogen-bond acceptors (Lipinski definition) is 6. The van der Waals surface area contributed by atoms with Gasteiger partial charge in [0.15, 0.2) is 0 Å². The Balaban J connectivity index is 0.000000300. The first kappa shape index (κ1) is 22.1. The number of esters is 1. The lowest BCUT2D eigenvalue weighted by Crippen LogP contribution is -2.41. The fourth-order valence-electron chi connectivity index (χ4n) is 4.50. The summed E-state index contributed by atoms with van der Waals surface area (Å²) in [6, 6.07) is 0. The summed E-state index contributed by atoms with van der Waals surface area (Å²) in [7, 11) is 3.99. The van der Waals surface area contributed by atoms with Crippen LogP contribution in [0.2, 0.25) is 0 Å². The van der Waals surface area contributed by atoms with Crippen molar-refractivity contribution in [2.45, 2.75) is 44.3 Å². The Labute approximate surface area is 164 Å². The number of allylic oxidation sites excluding steroid dienone is 1. The molecule has 0 aromatic rings. The Hall–Kier alpha value is -2.19. The van der Waals surface area contributed by atoms with Crippen LogP contribution in [-0.4, -0.2) is 70.5 Å². The normalized spacial score (nSPS) is 34.0. The molecule has 0 unspecified atom stereocenters.